The second-order valence-corrected chi connectivity index (χ2v) is 8.19. The molecule has 172 valence electrons. The highest BCUT2D eigenvalue weighted by molar-refractivity contribution is 5.45. The van der Waals surface area contributed by atoms with E-state index in [1.54, 1.807) is 0 Å². The number of benzene rings is 2. The first kappa shape index (κ1) is 25.6. The molecule has 0 bridgehead atoms. The Balaban J connectivity index is 1.69. The summed E-state index contributed by atoms with van der Waals surface area (Å²) in [6, 6.07) is 16.0. The maximum Gasteiger partial charge on any atom is 0.119 e. The summed E-state index contributed by atoms with van der Waals surface area (Å²) in [5.74, 6) is 8.24. The molecule has 0 unspecified atom stereocenters. The molecule has 0 heterocycles. The van der Waals surface area contributed by atoms with E-state index >= 15 is 0 Å². The highest BCUT2D eigenvalue weighted by Crippen LogP contribution is 2.14. The first-order valence-electron chi connectivity index (χ1n) is 12.4. The largest absolute Gasteiger partial charge is 0.494 e. The summed E-state index contributed by atoms with van der Waals surface area (Å²) in [6.45, 7) is 5.88. The van der Waals surface area contributed by atoms with Gasteiger partial charge in [0, 0.05) is 11.1 Å². The summed E-state index contributed by atoms with van der Waals surface area (Å²) in [5.41, 5.74) is 1.97. The molecule has 0 amide bonds. The SMILES string of the molecule is CCCCCCC=CCOc1ccc(C#Cc2ccc(OCCCCCCC)cc2)cc1. The number of rotatable bonds is 15. The smallest absolute Gasteiger partial charge is 0.119 e. The zero-order valence-electron chi connectivity index (χ0n) is 20.1. The Morgan fingerprint density at radius 2 is 1.12 bits per heavy atom. The molecule has 0 saturated carbocycles. The van der Waals surface area contributed by atoms with Crippen LogP contribution in [0.15, 0.2) is 60.7 Å². The van der Waals surface area contributed by atoms with Crippen LogP contribution in [0.3, 0.4) is 0 Å². The van der Waals surface area contributed by atoms with Gasteiger partial charge in [-0.3, -0.25) is 0 Å². The van der Waals surface area contributed by atoms with Crippen LogP contribution in [0.4, 0.5) is 0 Å². The van der Waals surface area contributed by atoms with Gasteiger partial charge in [-0.05, 0) is 67.8 Å². The Bertz CT molecular complexity index is 807. The van der Waals surface area contributed by atoms with Crippen molar-refractivity contribution in [1.29, 1.82) is 0 Å². The second kappa shape index (κ2) is 17.0. The molecule has 0 aliphatic carbocycles. The van der Waals surface area contributed by atoms with Gasteiger partial charge in [-0.25, -0.2) is 0 Å². The molecule has 0 atom stereocenters. The molecule has 0 aromatic heterocycles. The fourth-order valence-electron chi connectivity index (χ4n) is 3.33. The lowest BCUT2D eigenvalue weighted by atomic mass is 10.1. The summed E-state index contributed by atoms with van der Waals surface area (Å²) < 4.78 is 11.6. The van der Waals surface area contributed by atoms with Crippen molar-refractivity contribution in [2.75, 3.05) is 13.2 Å². The summed E-state index contributed by atoms with van der Waals surface area (Å²) in [7, 11) is 0. The summed E-state index contributed by atoms with van der Waals surface area (Å²) in [6.07, 6.45) is 17.0. The van der Waals surface area contributed by atoms with Gasteiger partial charge in [0.25, 0.3) is 0 Å². The van der Waals surface area contributed by atoms with E-state index < -0.39 is 0 Å². The van der Waals surface area contributed by atoms with Crippen LogP contribution in [-0.4, -0.2) is 13.2 Å². The normalized spacial score (nSPS) is 10.7. The summed E-state index contributed by atoms with van der Waals surface area (Å²) >= 11 is 0. The predicted molar refractivity (Wildman–Crippen MR) is 137 cm³/mol. The molecule has 2 rings (SSSR count). The maximum atomic E-state index is 5.82. The number of unbranched alkanes of at least 4 members (excludes halogenated alkanes) is 8. The van der Waals surface area contributed by atoms with Crippen LogP contribution >= 0.6 is 0 Å². The Hall–Kier alpha value is -2.66. The van der Waals surface area contributed by atoms with E-state index in [4.69, 9.17) is 9.47 Å². The van der Waals surface area contributed by atoms with E-state index in [0.29, 0.717) is 6.61 Å². The number of hydrogen-bond donors (Lipinski definition) is 0. The number of allylic oxidation sites excluding steroid dienone is 1. The Morgan fingerprint density at radius 3 is 1.72 bits per heavy atom. The van der Waals surface area contributed by atoms with Crippen LogP contribution in [0, 0.1) is 11.8 Å². The average Bonchev–Trinajstić information content (AvgIpc) is 2.83. The Morgan fingerprint density at radius 1 is 0.594 bits per heavy atom. The maximum absolute atomic E-state index is 5.82. The van der Waals surface area contributed by atoms with Gasteiger partial charge in [-0.15, -0.1) is 0 Å². The van der Waals surface area contributed by atoms with Gasteiger partial charge < -0.3 is 9.47 Å². The predicted octanol–water partition coefficient (Wildman–Crippen LogP) is 8.34. The van der Waals surface area contributed by atoms with E-state index in [1.165, 1.54) is 51.4 Å². The molecule has 2 aromatic rings. The molecule has 2 aromatic carbocycles. The minimum Gasteiger partial charge on any atom is -0.494 e. The topological polar surface area (TPSA) is 18.5 Å². The zero-order chi connectivity index (χ0) is 22.7. The van der Waals surface area contributed by atoms with Gasteiger partial charge >= 0.3 is 0 Å². The van der Waals surface area contributed by atoms with Gasteiger partial charge in [0.05, 0.1) is 6.61 Å². The molecule has 0 aliphatic heterocycles. The zero-order valence-corrected chi connectivity index (χ0v) is 20.1. The lowest BCUT2D eigenvalue weighted by Crippen LogP contribution is -1.97. The third-order valence-corrected chi connectivity index (χ3v) is 5.31. The Labute approximate surface area is 196 Å². The first-order valence-corrected chi connectivity index (χ1v) is 12.4. The van der Waals surface area contributed by atoms with Crippen LogP contribution in [0.2, 0.25) is 0 Å². The van der Waals surface area contributed by atoms with Crippen molar-refractivity contribution in [3.05, 3.63) is 71.8 Å². The monoisotopic (exact) mass is 432 g/mol. The van der Waals surface area contributed by atoms with Crippen LogP contribution in [0.25, 0.3) is 0 Å². The van der Waals surface area contributed by atoms with Crippen molar-refractivity contribution in [2.24, 2.45) is 0 Å². The third-order valence-electron chi connectivity index (χ3n) is 5.31. The van der Waals surface area contributed by atoms with E-state index in [0.717, 1.165) is 42.1 Å². The lowest BCUT2D eigenvalue weighted by molar-refractivity contribution is 0.304. The average molecular weight is 433 g/mol. The van der Waals surface area contributed by atoms with Crippen LogP contribution in [0.1, 0.15) is 89.2 Å². The van der Waals surface area contributed by atoms with Crippen LogP contribution in [0.5, 0.6) is 11.5 Å². The van der Waals surface area contributed by atoms with E-state index in [9.17, 15) is 0 Å². The van der Waals surface area contributed by atoms with Crippen molar-refractivity contribution >= 4 is 0 Å². The standard InChI is InChI=1S/C30H40O2/c1-3-5-7-9-10-12-14-26-32-30-23-19-28(20-24-30)16-15-27-17-21-29(22-18-27)31-25-13-11-8-6-4-2/h12,14,17-24H,3-11,13,25-26H2,1-2H3. The molecule has 32 heavy (non-hydrogen) atoms. The fourth-order valence-corrected chi connectivity index (χ4v) is 3.33. The molecular weight excluding hydrogens is 392 g/mol. The first-order chi connectivity index (χ1) is 15.8. The molecule has 0 fully saturated rings. The molecule has 2 nitrogen and oxygen atoms in total. The van der Waals surface area contributed by atoms with Crippen molar-refractivity contribution < 1.29 is 9.47 Å². The highest BCUT2D eigenvalue weighted by atomic mass is 16.5. The molecular formula is C30H40O2. The van der Waals surface area contributed by atoms with E-state index in [1.807, 2.05) is 48.5 Å². The molecule has 0 saturated heterocycles. The van der Waals surface area contributed by atoms with Crippen molar-refractivity contribution in [1.82, 2.24) is 0 Å². The van der Waals surface area contributed by atoms with Gasteiger partial charge in [0.15, 0.2) is 0 Å². The lowest BCUT2D eigenvalue weighted by Gasteiger charge is -2.05. The highest BCUT2D eigenvalue weighted by Gasteiger charge is 1.96. The van der Waals surface area contributed by atoms with Crippen molar-refractivity contribution in [2.45, 2.75) is 78.1 Å². The summed E-state index contributed by atoms with van der Waals surface area (Å²) in [4.78, 5) is 0. The number of ether oxygens (including phenoxy) is 2. The summed E-state index contributed by atoms with van der Waals surface area (Å²) in [5, 5.41) is 0. The number of hydrogen-bond acceptors (Lipinski definition) is 2. The minimum absolute atomic E-state index is 0.617. The fraction of sp³-hybridized carbons (Fsp3) is 0.467. The molecule has 0 N–H and O–H groups in total. The quantitative estimate of drug-likeness (QED) is 0.160. The van der Waals surface area contributed by atoms with Gasteiger partial charge in [-0.1, -0.05) is 82.8 Å². The molecule has 0 radical (unpaired) electrons. The molecule has 0 aliphatic rings. The van der Waals surface area contributed by atoms with Crippen LogP contribution in [-0.2, 0) is 0 Å². The van der Waals surface area contributed by atoms with Crippen LogP contribution < -0.4 is 9.47 Å². The van der Waals surface area contributed by atoms with E-state index in [2.05, 4.69) is 37.8 Å². The van der Waals surface area contributed by atoms with Gasteiger partial charge in [0.1, 0.15) is 18.1 Å². The minimum atomic E-state index is 0.617. The molecule has 2 heteroatoms. The Kier molecular flexibility index (Phi) is 13.6. The van der Waals surface area contributed by atoms with E-state index in [-0.39, 0.29) is 0 Å². The van der Waals surface area contributed by atoms with Gasteiger partial charge in [-0.2, -0.15) is 0 Å². The third kappa shape index (κ3) is 11.7. The second-order valence-electron chi connectivity index (χ2n) is 8.19. The van der Waals surface area contributed by atoms with Gasteiger partial charge in [0.2, 0.25) is 0 Å². The van der Waals surface area contributed by atoms with Crippen molar-refractivity contribution in [3.8, 4) is 23.3 Å². The molecule has 0 spiro atoms. The van der Waals surface area contributed by atoms with Crippen molar-refractivity contribution in [3.63, 3.8) is 0 Å².